The van der Waals surface area contributed by atoms with Gasteiger partial charge in [-0.1, -0.05) is 24.8 Å². The normalized spacial score (nSPS) is 25.6. The molecule has 192 valence electrons. The Balaban J connectivity index is 1.53. The molecule has 1 aromatic carbocycles. The lowest BCUT2D eigenvalue weighted by molar-refractivity contribution is -0.0302. The van der Waals surface area contributed by atoms with E-state index in [0.717, 1.165) is 24.7 Å². The molecule has 9 nitrogen and oxygen atoms in total. The van der Waals surface area contributed by atoms with Gasteiger partial charge in [-0.2, -0.15) is 0 Å². The van der Waals surface area contributed by atoms with Crippen molar-refractivity contribution in [1.82, 2.24) is 9.97 Å². The highest BCUT2D eigenvalue weighted by atomic mass is 32.2. The maximum Gasteiger partial charge on any atom is 0.191 e. The molecule has 2 fully saturated rings. The minimum atomic E-state index is -0.870. The van der Waals surface area contributed by atoms with E-state index in [1.807, 2.05) is 0 Å². The van der Waals surface area contributed by atoms with Crippen LogP contribution in [0.5, 0.6) is 0 Å². The van der Waals surface area contributed by atoms with Crippen molar-refractivity contribution >= 4 is 29.1 Å². The number of thioether (sulfide) groups is 1. The van der Waals surface area contributed by atoms with Crippen molar-refractivity contribution in [2.45, 2.75) is 68.0 Å². The van der Waals surface area contributed by atoms with Crippen LogP contribution >= 0.6 is 11.8 Å². The number of aliphatic hydroxyl groups excluding tert-OH is 2. The number of rotatable bonds is 11. The number of nitrogens with two attached hydrogens (primary N) is 2. The Morgan fingerprint density at radius 3 is 2.74 bits per heavy atom. The molecule has 0 radical (unpaired) electrons. The molecule has 3 unspecified atom stereocenters. The van der Waals surface area contributed by atoms with Gasteiger partial charge in [-0.15, -0.1) is 0 Å². The Bertz CT molecular complexity index is 1030. The lowest BCUT2D eigenvalue weighted by atomic mass is 10.1. The number of aromatic nitrogens is 2. The highest BCUT2D eigenvalue weighted by Gasteiger charge is 2.41. The predicted octanol–water partition coefficient (Wildman–Crippen LogP) is 2.39. The summed E-state index contributed by atoms with van der Waals surface area (Å²) in [7, 11) is 0. The summed E-state index contributed by atoms with van der Waals surface area (Å²) in [5.74, 6) is 6.33. The molecule has 4 rings (SSSR count). The van der Waals surface area contributed by atoms with Crippen molar-refractivity contribution < 1.29 is 23.7 Å². The van der Waals surface area contributed by atoms with Crippen molar-refractivity contribution in [2.75, 3.05) is 35.0 Å². The van der Waals surface area contributed by atoms with Gasteiger partial charge in [0.15, 0.2) is 28.4 Å². The fourth-order valence-corrected chi connectivity index (χ4v) is 5.07. The Morgan fingerprint density at radius 2 is 2.03 bits per heavy atom. The van der Waals surface area contributed by atoms with Gasteiger partial charge in [0, 0.05) is 17.7 Å². The van der Waals surface area contributed by atoms with Crippen LogP contribution in [0.4, 0.5) is 26.1 Å². The highest BCUT2D eigenvalue weighted by Crippen LogP contribution is 2.44. The van der Waals surface area contributed by atoms with Gasteiger partial charge in [-0.3, -0.25) is 5.01 Å². The maximum atomic E-state index is 13.7. The Kier molecular flexibility index (Phi) is 8.27. The molecule has 2 aromatic rings. The molecular formula is C23H32F2N6O3S. The molecule has 0 bridgehead atoms. The second-order valence-electron chi connectivity index (χ2n) is 8.94. The summed E-state index contributed by atoms with van der Waals surface area (Å²) >= 11 is 1.48. The van der Waals surface area contributed by atoms with E-state index >= 15 is 0 Å². The van der Waals surface area contributed by atoms with E-state index in [1.54, 1.807) is 6.07 Å². The molecule has 2 aliphatic rings. The maximum absolute atomic E-state index is 13.7. The van der Waals surface area contributed by atoms with Gasteiger partial charge in [0.2, 0.25) is 0 Å². The van der Waals surface area contributed by atoms with E-state index in [0.29, 0.717) is 35.2 Å². The Hall–Kier alpha value is -2.25. The zero-order chi connectivity index (χ0) is 25.1. The smallest absolute Gasteiger partial charge is 0.191 e. The van der Waals surface area contributed by atoms with Crippen LogP contribution in [0.3, 0.4) is 0 Å². The van der Waals surface area contributed by atoms with Crippen LogP contribution in [-0.4, -0.2) is 63.4 Å². The summed E-state index contributed by atoms with van der Waals surface area (Å²) in [6.45, 7) is 2.07. The number of benzene rings is 1. The van der Waals surface area contributed by atoms with Gasteiger partial charge in [0.1, 0.15) is 5.69 Å². The summed E-state index contributed by atoms with van der Waals surface area (Å²) in [5.41, 5.74) is 7.44. The Morgan fingerprint density at radius 1 is 1.23 bits per heavy atom. The van der Waals surface area contributed by atoms with Gasteiger partial charge in [-0.25, -0.2) is 24.6 Å². The average Bonchev–Trinajstić information content (AvgIpc) is 3.51. The topological polar surface area (TPSA) is 143 Å². The summed E-state index contributed by atoms with van der Waals surface area (Å²) < 4.78 is 32.5. The zero-order valence-electron chi connectivity index (χ0n) is 19.5. The minimum Gasteiger partial charge on any atom is -0.394 e. The van der Waals surface area contributed by atoms with Crippen molar-refractivity contribution in [1.29, 1.82) is 0 Å². The first-order valence-electron chi connectivity index (χ1n) is 11.8. The quantitative estimate of drug-likeness (QED) is 0.132. The molecular weight excluding hydrogens is 478 g/mol. The van der Waals surface area contributed by atoms with Crippen LogP contribution < -0.4 is 21.9 Å². The van der Waals surface area contributed by atoms with Gasteiger partial charge >= 0.3 is 0 Å². The number of halogens is 2. The summed E-state index contributed by atoms with van der Waals surface area (Å²) in [6.07, 6.45) is 1.35. The molecule has 2 saturated carbocycles. The third-order valence-electron chi connectivity index (χ3n) is 6.33. The van der Waals surface area contributed by atoms with Crippen LogP contribution in [0.2, 0.25) is 0 Å². The number of nitrogen functional groups attached to an aromatic ring is 1. The molecule has 5 atom stereocenters. The standard InChI is InChI=1S/C23H32F2N6O3S/c1-2-7-35-23-29-21(28-17-11-14(17)12-3-4-15(24)16(25)8-12)20(26)22(30-23)31(27)13-9-18(33)19(10-13)34-6-5-32/h3-4,8,13-14,17-19,32-33H,2,5-7,9-11,26-27H2,1H3,(H,28,29,30)/t13?,14?,17-,18+,19?/m1/s1. The number of hydrogen-bond acceptors (Lipinski definition) is 10. The first-order valence-corrected chi connectivity index (χ1v) is 12.8. The second-order valence-corrected chi connectivity index (χ2v) is 10.0. The lowest BCUT2D eigenvalue weighted by Gasteiger charge is -2.27. The van der Waals surface area contributed by atoms with Crippen molar-refractivity contribution in [3.8, 4) is 0 Å². The molecule has 1 aromatic heterocycles. The molecule has 0 spiro atoms. The van der Waals surface area contributed by atoms with Crippen LogP contribution in [0.1, 0.15) is 44.1 Å². The van der Waals surface area contributed by atoms with Crippen LogP contribution in [0.15, 0.2) is 23.4 Å². The van der Waals surface area contributed by atoms with E-state index in [-0.39, 0.29) is 36.9 Å². The monoisotopic (exact) mass is 510 g/mol. The molecule has 1 heterocycles. The number of aliphatic hydroxyl groups is 2. The third kappa shape index (κ3) is 5.95. The van der Waals surface area contributed by atoms with E-state index in [9.17, 15) is 13.9 Å². The van der Waals surface area contributed by atoms with Crippen LogP contribution in [0.25, 0.3) is 0 Å². The van der Waals surface area contributed by atoms with Crippen LogP contribution in [0, 0.1) is 11.6 Å². The van der Waals surface area contributed by atoms with Gasteiger partial charge < -0.3 is 26.0 Å². The summed E-state index contributed by atoms with van der Waals surface area (Å²) in [6, 6.07) is 3.64. The van der Waals surface area contributed by atoms with E-state index in [2.05, 4.69) is 22.2 Å². The summed E-state index contributed by atoms with van der Waals surface area (Å²) in [4.78, 5) is 9.17. The van der Waals surface area contributed by atoms with Crippen molar-refractivity contribution in [2.24, 2.45) is 5.84 Å². The number of nitrogens with zero attached hydrogens (tertiary/aromatic N) is 3. The SMILES string of the molecule is CCCSc1nc(N[C@@H]2CC2c2ccc(F)c(F)c2)c(N)c(N(N)C2CC(OCCO)[C@@H](O)C2)n1. The third-order valence-corrected chi connectivity index (χ3v) is 7.39. The zero-order valence-corrected chi connectivity index (χ0v) is 20.3. The number of hydrazine groups is 1. The van der Waals surface area contributed by atoms with E-state index in [4.69, 9.17) is 21.4 Å². The number of anilines is 3. The molecule has 35 heavy (non-hydrogen) atoms. The molecule has 2 aliphatic carbocycles. The average molecular weight is 511 g/mol. The molecule has 7 N–H and O–H groups in total. The lowest BCUT2D eigenvalue weighted by Crippen LogP contribution is -2.41. The van der Waals surface area contributed by atoms with Gasteiger partial charge in [0.25, 0.3) is 0 Å². The first kappa shape index (κ1) is 25.8. The summed E-state index contributed by atoms with van der Waals surface area (Å²) in [5, 5.41) is 24.7. The molecule has 12 heteroatoms. The molecule has 0 aliphatic heterocycles. The highest BCUT2D eigenvalue weighted by molar-refractivity contribution is 7.99. The Labute approximate surface area is 207 Å². The number of ether oxygens (including phenoxy) is 1. The molecule has 0 amide bonds. The minimum absolute atomic E-state index is 0.0121. The van der Waals surface area contributed by atoms with Crippen LogP contribution in [-0.2, 0) is 4.74 Å². The number of nitrogens with one attached hydrogen (secondary N) is 1. The fraction of sp³-hybridized carbons (Fsp3) is 0.565. The first-order chi connectivity index (χ1) is 16.8. The fourth-order valence-electron chi connectivity index (χ4n) is 4.38. The number of hydrogen-bond donors (Lipinski definition) is 5. The van der Waals surface area contributed by atoms with Crippen molar-refractivity contribution in [3.05, 3.63) is 35.4 Å². The van der Waals surface area contributed by atoms with E-state index in [1.165, 1.54) is 22.8 Å². The van der Waals surface area contributed by atoms with Gasteiger partial charge in [-0.05, 0) is 43.4 Å². The van der Waals surface area contributed by atoms with Crippen molar-refractivity contribution in [3.63, 3.8) is 0 Å². The molecule has 0 saturated heterocycles. The van der Waals surface area contributed by atoms with E-state index < -0.39 is 23.8 Å². The largest absolute Gasteiger partial charge is 0.394 e. The second kappa shape index (κ2) is 11.2. The van der Waals surface area contributed by atoms with Gasteiger partial charge in [0.05, 0.1) is 31.5 Å². The predicted molar refractivity (Wildman–Crippen MR) is 131 cm³/mol.